The van der Waals surface area contributed by atoms with Crippen molar-refractivity contribution in [1.29, 1.82) is 0 Å². The van der Waals surface area contributed by atoms with Crippen LogP contribution in [0.25, 0.3) is 87.4 Å². The molecule has 1 aliphatic carbocycles. The van der Waals surface area contributed by atoms with Gasteiger partial charge in [-0.1, -0.05) is 135 Å². The number of aromatic nitrogens is 3. The third kappa shape index (κ3) is 4.45. The Bertz CT molecular complexity index is 2780. The molecule has 0 amide bonds. The molecule has 3 aromatic heterocycles. The van der Waals surface area contributed by atoms with Crippen LogP contribution >= 0.6 is 11.3 Å². The van der Waals surface area contributed by atoms with Crippen LogP contribution in [0.3, 0.4) is 0 Å². The van der Waals surface area contributed by atoms with Crippen molar-refractivity contribution in [3.05, 3.63) is 163 Å². The fourth-order valence-electron chi connectivity index (χ4n) is 7.76. The Hall–Kier alpha value is -5.97. The van der Waals surface area contributed by atoms with E-state index in [0.29, 0.717) is 0 Å². The summed E-state index contributed by atoms with van der Waals surface area (Å²) in [4.78, 5) is 15.6. The number of nitrogens with zero attached hydrogens (tertiary/aromatic N) is 3. The number of thiophene rings is 1. The van der Waals surface area contributed by atoms with Crippen LogP contribution in [-0.4, -0.2) is 15.0 Å². The highest BCUT2D eigenvalue weighted by atomic mass is 32.1. The Morgan fingerprint density at radius 1 is 0.480 bits per heavy atom. The van der Waals surface area contributed by atoms with Crippen LogP contribution in [-0.2, 0) is 5.41 Å². The first-order valence-corrected chi connectivity index (χ1v) is 17.8. The third-order valence-electron chi connectivity index (χ3n) is 10.3. The van der Waals surface area contributed by atoms with Crippen LogP contribution in [0.2, 0.25) is 0 Å². The lowest BCUT2D eigenvalue weighted by atomic mass is 9.82. The fourth-order valence-corrected chi connectivity index (χ4v) is 8.97. The minimum Gasteiger partial charge on any atom is -0.246 e. The zero-order chi connectivity index (χ0) is 33.4. The molecule has 50 heavy (non-hydrogen) atoms. The molecule has 3 heterocycles. The van der Waals surface area contributed by atoms with Crippen molar-refractivity contribution in [2.75, 3.05) is 0 Å². The molecule has 236 valence electrons. The molecule has 0 unspecified atom stereocenters. The van der Waals surface area contributed by atoms with E-state index in [1.165, 1.54) is 47.8 Å². The molecule has 9 aromatic rings. The quantitative estimate of drug-likeness (QED) is 0.189. The first-order valence-electron chi connectivity index (χ1n) is 17.0. The van der Waals surface area contributed by atoms with Gasteiger partial charge in [-0.05, 0) is 52.6 Å². The van der Waals surface area contributed by atoms with Gasteiger partial charge in [-0.25, -0.2) is 15.0 Å². The molecular weight excluding hydrogens is 627 g/mol. The second-order valence-electron chi connectivity index (χ2n) is 13.6. The van der Waals surface area contributed by atoms with Gasteiger partial charge in [0.25, 0.3) is 0 Å². The number of para-hydroxylation sites is 1. The summed E-state index contributed by atoms with van der Waals surface area (Å²) < 4.78 is 2.44. The zero-order valence-corrected chi connectivity index (χ0v) is 28.5. The number of hydrogen-bond acceptors (Lipinski definition) is 4. The van der Waals surface area contributed by atoms with Gasteiger partial charge in [-0.3, -0.25) is 0 Å². The molecule has 0 saturated heterocycles. The van der Waals surface area contributed by atoms with Gasteiger partial charge in [0, 0.05) is 48.5 Å². The summed E-state index contributed by atoms with van der Waals surface area (Å²) >= 11 is 1.81. The van der Waals surface area contributed by atoms with Gasteiger partial charge in [0.1, 0.15) is 0 Å². The van der Waals surface area contributed by atoms with Crippen molar-refractivity contribution in [2.45, 2.75) is 19.3 Å². The lowest BCUT2D eigenvalue weighted by Crippen LogP contribution is -2.14. The van der Waals surface area contributed by atoms with Crippen molar-refractivity contribution in [3.8, 4) is 56.3 Å². The van der Waals surface area contributed by atoms with Gasteiger partial charge < -0.3 is 0 Å². The smallest absolute Gasteiger partial charge is 0.160 e. The SMILES string of the molecule is CC1(C)c2ccccc2-c2ccc(-c3cc(-c4ccc5sc6c(-c7ccccc7)nc7ccccc7c6c5c4)nc(-c4ccccc4)n3)cc21. The number of fused-ring (bicyclic) bond motifs is 8. The van der Waals surface area contributed by atoms with Crippen LogP contribution in [0.1, 0.15) is 25.0 Å². The van der Waals surface area contributed by atoms with Gasteiger partial charge in [-0.15, -0.1) is 11.3 Å². The second-order valence-corrected chi connectivity index (χ2v) is 14.7. The van der Waals surface area contributed by atoms with E-state index in [0.717, 1.165) is 50.7 Å². The first-order chi connectivity index (χ1) is 24.5. The highest BCUT2D eigenvalue weighted by molar-refractivity contribution is 7.26. The van der Waals surface area contributed by atoms with E-state index >= 15 is 0 Å². The normalized spacial score (nSPS) is 13.2. The highest BCUT2D eigenvalue weighted by Gasteiger charge is 2.35. The minimum absolute atomic E-state index is 0.0959. The summed E-state index contributed by atoms with van der Waals surface area (Å²) in [7, 11) is 0. The summed E-state index contributed by atoms with van der Waals surface area (Å²) in [6, 6.07) is 53.9. The molecule has 10 rings (SSSR count). The van der Waals surface area contributed by atoms with Gasteiger partial charge in [-0.2, -0.15) is 0 Å². The van der Waals surface area contributed by atoms with Crippen molar-refractivity contribution >= 4 is 42.4 Å². The molecule has 0 radical (unpaired) electrons. The summed E-state index contributed by atoms with van der Waals surface area (Å²) in [6.07, 6.45) is 0. The molecule has 0 saturated carbocycles. The number of hydrogen-bond donors (Lipinski definition) is 0. The van der Waals surface area contributed by atoms with E-state index in [2.05, 4.69) is 147 Å². The maximum Gasteiger partial charge on any atom is 0.160 e. The van der Waals surface area contributed by atoms with Gasteiger partial charge in [0.2, 0.25) is 0 Å². The Morgan fingerprint density at radius 3 is 1.92 bits per heavy atom. The predicted molar refractivity (Wildman–Crippen MR) is 210 cm³/mol. The summed E-state index contributed by atoms with van der Waals surface area (Å²) in [5, 5.41) is 3.63. The average molecular weight is 658 g/mol. The van der Waals surface area contributed by atoms with E-state index < -0.39 is 0 Å². The summed E-state index contributed by atoms with van der Waals surface area (Å²) in [5.41, 5.74) is 13.4. The lowest BCUT2D eigenvalue weighted by molar-refractivity contribution is 0.660. The summed E-state index contributed by atoms with van der Waals surface area (Å²) in [6.45, 7) is 4.65. The van der Waals surface area contributed by atoms with E-state index in [1.54, 1.807) is 0 Å². The first kappa shape index (κ1) is 29.0. The van der Waals surface area contributed by atoms with Gasteiger partial charge >= 0.3 is 0 Å². The predicted octanol–water partition coefficient (Wildman–Crippen LogP) is 12.4. The molecule has 0 spiro atoms. The van der Waals surface area contributed by atoms with Crippen molar-refractivity contribution in [2.24, 2.45) is 0 Å². The van der Waals surface area contributed by atoms with Crippen LogP contribution in [0.15, 0.2) is 152 Å². The number of rotatable bonds is 4. The highest BCUT2D eigenvalue weighted by Crippen LogP contribution is 2.50. The minimum atomic E-state index is -0.0959. The Kier molecular flexibility index (Phi) is 6.39. The fraction of sp³-hybridized carbons (Fsp3) is 0.0652. The van der Waals surface area contributed by atoms with Crippen molar-refractivity contribution in [1.82, 2.24) is 15.0 Å². The monoisotopic (exact) mass is 657 g/mol. The Balaban J connectivity index is 1.19. The van der Waals surface area contributed by atoms with E-state index in [1.807, 2.05) is 29.5 Å². The molecule has 4 heteroatoms. The van der Waals surface area contributed by atoms with E-state index in [-0.39, 0.29) is 5.41 Å². The van der Waals surface area contributed by atoms with Gasteiger partial charge in [0.15, 0.2) is 5.82 Å². The molecule has 3 nitrogen and oxygen atoms in total. The Labute approximate surface area is 294 Å². The topological polar surface area (TPSA) is 38.7 Å². The van der Waals surface area contributed by atoms with Crippen molar-refractivity contribution < 1.29 is 0 Å². The molecule has 0 fully saturated rings. The molecule has 6 aromatic carbocycles. The van der Waals surface area contributed by atoms with Crippen LogP contribution in [0.5, 0.6) is 0 Å². The maximum absolute atomic E-state index is 5.21. The molecule has 0 bridgehead atoms. The van der Waals surface area contributed by atoms with Crippen LogP contribution in [0.4, 0.5) is 0 Å². The van der Waals surface area contributed by atoms with Crippen LogP contribution in [0, 0.1) is 0 Å². The third-order valence-corrected chi connectivity index (χ3v) is 11.5. The molecule has 0 aliphatic heterocycles. The molecule has 0 N–H and O–H groups in total. The largest absolute Gasteiger partial charge is 0.246 e. The lowest BCUT2D eigenvalue weighted by Gasteiger charge is -2.22. The molecule has 1 aliphatic rings. The van der Waals surface area contributed by atoms with E-state index in [9.17, 15) is 0 Å². The second kappa shape index (κ2) is 11.0. The zero-order valence-electron chi connectivity index (χ0n) is 27.7. The maximum atomic E-state index is 5.21. The number of pyridine rings is 1. The molecule has 0 atom stereocenters. The standard InChI is InChI=1S/C46H31N3S/c1-46(2)36-19-11-9-17-32(36)33-23-21-31(26-37(33)46)40-27-39(48-45(49-40)29-15-7-4-8-16-29)30-22-24-41-35(25-30)42-34-18-10-12-20-38(34)47-43(44(42)50-41)28-13-5-3-6-14-28/h3-27H,1-2H3. The summed E-state index contributed by atoms with van der Waals surface area (Å²) in [5.74, 6) is 0.720. The van der Waals surface area contributed by atoms with E-state index in [4.69, 9.17) is 15.0 Å². The van der Waals surface area contributed by atoms with Crippen molar-refractivity contribution in [3.63, 3.8) is 0 Å². The Morgan fingerprint density at radius 2 is 1.12 bits per heavy atom. The van der Waals surface area contributed by atoms with Gasteiger partial charge in [0.05, 0.1) is 27.3 Å². The molecular formula is C46H31N3S. The van der Waals surface area contributed by atoms with Crippen LogP contribution < -0.4 is 0 Å². The number of benzene rings is 6. The average Bonchev–Trinajstić information content (AvgIpc) is 3.67.